The van der Waals surface area contributed by atoms with E-state index in [2.05, 4.69) is 36.9 Å². The highest BCUT2D eigenvalue weighted by Crippen LogP contribution is 2.35. The van der Waals surface area contributed by atoms with Crippen LogP contribution in [0.15, 0.2) is 56.0 Å². The molecule has 0 saturated heterocycles. The Balaban J connectivity index is 1.89. The van der Waals surface area contributed by atoms with Gasteiger partial charge in [-0.1, -0.05) is 6.92 Å². The quantitative estimate of drug-likeness (QED) is 0.418. The highest BCUT2D eigenvalue weighted by Gasteiger charge is 2.24. The molecule has 1 heterocycles. The Labute approximate surface area is 167 Å². The summed E-state index contributed by atoms with van der Waals surface area (Å²) in [5, 5.41) is 0. The van der Waals surface area contributed by atoms with E-state index in [1.54, 1.807) is 6.08 Å². The zero-order chi connectivity index (χ0) is 18.7. The molecule has 0 aliphatic carbocycles. The van der Waals surface area contributed by atoms with Gasteiger partial charge in [-0.05, 0) is 86.3 Å². The minimum atomic E-state index is -0.553. The SMILES string of the molecule is CCCOc1c(Br)cc(C=C2N=C(c3ccc(F)cc3)OC2=O)cc1Br. The van der Waals surface area contributed by atoms with Crippen molar-refractivity contribution in [2.75, 3.05) is 6.61 Å². The fraction of sp³-hybridized carbons (Fsp3) is 0.158. The Morgan fingerprint density at radius 2 is 1.85 bits per heavy atom. The smallest absolute Gasteiger partial charge is 0.363 e. The zero-order valence-electron chi connectivity index (χ0n) is 13.8. The molecule has 2 aromatic carbocycles. The largest absolute Gasteiger partial charge is 0.491 e. The first kappa shape index (κ1) is 18.8. The van der Waals surface area contributed by atoms with Gasteiger partial charge in [-0.15, -0.1) is 0 Å². The van der Waals surface area contributed by atoms with Gasteiger partial charge in [0.25, 0.3) is 0 Å². The molecule has 0 spiro atoms. The summed E-state index contributed by atoms with van der Waals surface area (Å²) in [4.78, 5) is 16.3. The average Bonchev–Trinajstić information content (AvgIpc) is 2.95. The Hall–Kier alpha value is -1.99. The Bertz CT molecular complexity index is 884. The van der Waals surface area contributed by atoms with Crippen LogP contribution in [0.25, 0.3) is 6.08 Å². The van der Waals surface area contributed by atoms with Crippen LogP contribution >= 0.6 is 31.9 Å². The number of hydrogen-bond acceptors (Lipinski definition) is 4. The third-order valence-electron chi connectivity index (χ3n) is 3.49. The Morgan fingerprint density at radius 1 is 1.19 bits per heavy atom. The average molecular weight is 483 g/mol. The molecule has 1 aliphatic rings. The molecular formula is C19H14Br2FNO3. The molecule has 1 aliphatic heterocycles. The minimum absolute atomic E-state index is 0.155. The summed E-state index contributed by atoms with van der Waals surface area (Å²) in [6, 6.07) is 9.27. The molecule has 0 bridgehead atoms. The topological polar surface area (TPSA) is 47.9 Å². The Kier molecular flexibility index (Phi) is 5.88. The van der Waals surface area contributed by atoms with Gasteiger partial charge in [-0.2, -0.15) is 0 Å². The van der Waals surface area contributed by atoms with Gasteiger partial charge in [0.2, 0.25) is 5.90 Å². The predicted octanol–water partition coefficient (Wildman–Crippen LogP) is 5.48. The molecule has 0 fully saturated rings. The van der Waals surface area contributed by atoms with Gasteiger partial charge < -0.3 is 9.47 Å². The van der Waals surface area contributed by atoms with Gasteiger partial charge in [-0.3, -0.25) is 0 Å². The summed E-state index contributed by atoms with van der Waals surface area (Å²) in [5.41, 5.74) is 1.46. The van der Waals surface area contributed by atoms with E-state index in [4.69, 9.17) is 9.47 Å². The second kappa shape index (κ2) is 8.14. The van der Waals surface area contributed by atoms with Crippen LogP contribution in [-0.2, 0) is 9.53 Å². The van der Waals surface area contributed by atoms with Crippen LogP contribution in [0.5, 0.6) is 5.75 Å². The van der Waals surface area contributed by atoms with E-state index in [0.29, 0.717) is 17.9 Å². The fourth-order valence-corrected chi connectivity index (χ4v) is 3.74. The number of ether oxygens (including phenoxy) is 2. The third-order valence-corrected chi connectivity index (χ3v) is 4.66. The highest BCUT2D eigenvalue weighted by atomic mass is 79.9. The molecular weight excluding hydrogens is 469 g/mol. The molecule has 4 nitrogen and oxygen atoms in total. The van der Waals surface area contributed by atoms with E-state index in [0.717, 1.165) is 20.9 Å². The molecule has 0 N–H and O–H groups in total. The molecule has 0 aromatic heterocycles. The third kappa shape index (κ3) is 4.22. The molecule has 26 heavy (non-hydrogen) atoms. The summed E-state index contributed by atoms with van der Waals surface area (Å²) >= 11 is 6.95. The van der Waals surface area contributed by atoms with Gasteiger partial charge in [0.1, 0.15) is 11.6 Å². The van der Waals surface area contributed by atoms with Crippen molar-refractivity contribution in [3.63, 3.8) is 0 Å². The van der Waals surface area contributed by atoms with E-state index < -0.39 is 5.97 Å². The second-order valence-corrected chi connectivity index (χ2v) is 7.21. The van der Waals surface area contributed by atoms with E-state index in [9.17, 15) is 9.18 Å². The van der Waals surface area contributed by atoms with E-state index >= 15 is 0 Å². The lowest BCUT2D eigenvalue weighted by molar-refractivity contribution is -0.129. The number of aliphatic imine (C=N–C) groups is 1. The molecule has 7 heteroatoms. The maximum Gasteiger partial charge on any atom is 0.363 e. The summed E-state index contributed by atoms with van der Waals surface area (Å²) in [7, 11) is 0. The lowest BCUT2D eigenvalue weighted by Crippen LogP contribution is -2.05. The van der Waals surface area contributed by atoms with Crippen LogP contribution in [0.3, 0.4) is 0 Å². The van der Waals surface area contributed by atoms with Crippen molar-refractivity contribution in [2.24, 2.45) is 4.99 Å². The molecule has 3 rings (SSSR count). The summed E-state index contributed by atoms with van der Waals surface area (Å²) in [6.07, 6.45) is 2.52. The van der Waals surface area contributed by atoms with Gasteiger partial charge in [0.05, 0.1) is 15.6 Å². The van der Waals surface area contributed by atoms with E-state index in [-0.39, 0.29) is 17.4 Å². The summed E-state index contributed by atoms with van der Waals surface area (Å²) in [6.45, 7) is 2.64. The lowest BCUT2D eigenvalue weighted by atomic mass is 10.2. The van der Waals surface area contributed by atoms with Crippen LogP contribution in [0, 0.1) is 5.82 Å². The molecule has 0 atom stereocenters. The fourth-order valence-electron chi connectivity index (χ4n) is 2.29. The number of hydrogen-bond donors (Lipinski definition) is 0. The van der Waals surface area contributed by atoms with Crippen LogP contribution in [0.2, 0.25) is 0 Å². The van der Waals surface area contributed by atoms with Crippen molar-refractivity contribution in [1.29, 1.82) is 0 Å². The molecule has 0 unspecified atom stereocenters. The number of halogens is 3. The number of rotatable bonds is 5. The van der Waals surface area contributed by atoms with Crippen molar-refractivity contribution in [2.45, 2.75) is 13.3 Å². The number of carbonyl (C=O) groups excluding carboxylic acids is 1. The number of carbonyl (C=O) groups is 1. The minimum Gasteiger partial charge on any atom is -0.491 e. The monoisotopic (exact) mass is 481 g/mol. The molecule has 2 aromatic rings. The van der Waals surface area contributed by atoms with Gasteiger partial charge in [0, 0.05) is 5.56 Å². The standard InChI is InChI=1S/C19H14Br2FNO3/c1-2-7-25-17-14(20)8-11(9-15(17)21)10-16-19(24)26-18(23-16)12-3-5-13(22)6-4-12/h3-6,8-10H,2,7H2,1H3. The van der Waals surface area contributed by atoms with Crippen molar-refractivity contribution in [3.8, 4) is 5.75 Å². The maximum atomic E-state index is 13.0. The summed E-state index contributed by atoms with van der Waals surface area (Å²) in [5.74, 6) is -0.0572. The molecule has 0 saturated carbocycles. The molecule has 134 valence electrons. The first-order chi connectivity index (χ1) is 12.5. The first-order valence-corrected chi connectivity index (χ1v) is 9.47. The van der Waals surface area contributed by atoms with Crippen molar-refractivity contribution in [3.05, 3.63) is 68.0 Å². The maximum absolute atomic E-state index is 13.0. The van der Waals surface area contributed by atoms with Gasteiger partial charge in [-0.25, -0.2) is 14.2 Å². The van der Waals surface area contributed by atoms with Crippen molar-refractivity contribution < 1.29 is 18.7 Å². The zero-order valence-corrected chi connectivity index (χ0v) is 16.9. The summed E-state index contributed by atoms with van der Waals surface area (Å²) < 4.78 is 25.4. The number of nitrogens with zero attached hydrogens (tertiary/aromatic N) is 1. The normalized spacial score (nSPS) is 15.2. The van der Waals surface area contributed by atoms with Crippen LogP contribution in [0.1, 0.15) is 24.5 Å². The Morgan fingerprint density at radius 3 is 2.46 bits per heavy atom. The van der Waals surface area contributed by atoms with Gasteiger partial charge >= 0.3 is 5.97 Å². The predicted molar refractivity (Wildman–Crippen MR) is 105 cm³/mol. The second-order valence-electron chi connectivity index (χ2n) is 5.51. The molecule has 0 radical (unpaired) electrons. The highest BCUT2D eigenvalue weighted by molar-refractivity contribution is 9.11. The lowest BCUT2D eigenvalue weighted by Gasteiger charge is -2.10. The van der Waals surface area contributed by atoms with E-state index in [1.807, 2.05) is 19.1 Å². The number of cyclic esters (lactones) is 1. The van der Waals surface area contributed by atoms with Crippen molar-refractivity contribution in [1.82, 2.24) is 0 Å². The first-order valence-electron chi connectivity index (χ1n) is 7.88. The number of esters is 1. The van der Waals surface area contributed by atoms with E-state index in [1.165, 1.54) is 24.3 Å². The van der Waals surface area contributed by atoms with Crippen LogP contribution in [-0.4, -0.2) is 18.5 Å². The van der Waals surface area contributed by atoms with Crippen LogP contribution < -0.4 is 4.74 Å². The van der Waals surface area contributed by atoms with Crippen molar-refractivity contribution >= 4 is 49.8 Å². The van der Waals surface area contributed by atoms with Crippen LogP contribution in [0.4, 0.5) is 4.39 Å². The number of benzene rings is 2. The molecule has 0 amide bonds. The van der Waals surface area contributed by atoms with Gasteiger partial charge in [0.15, 0.2) is 5.70 Å².